The largest absolute Gasteiger partial charge is 0.466 e. The molecule has 5 nitrogen and oxygen atoms in total. The first kappa shape index (κ1) is 20.0. The van der Waals surface area contributed by atoms with Crippen LogP contribution in [0.2, 0.25) is 0 Å². The molecule has 2 heterocycles. The van der Waals surface area contributed by atoms with Crippen LogP contribution in [0.1, 0.15) is 30.1 Å². The van der Waals surface area contributed by atoms with E-state index in [1.807, 2.05) is 24.3 Å². The number of rotatable bonds is 4. The summed E-state index contributed by atoms with van der Waals surface area (Å²) in [6.45, 7) is 3.17. The highest BCUT2D eigenvalue weighted by atomic mass is 19.1. The summed E-state index contributed by atoms with van der Waals surface area (Å²) < 4.78 is 18.4. The van der Waals surface area contributed by atoms with Gasteiger partial charge >= 0.3 is 5.97 Å². The minimum atomic E-state index is -0.319. The molecular weight excluding hydrogens is 383 g/mol. The number of carbonyl (C=O) groups is 2. The molecule has 0 bridgehead atoms. The second kappa shape index (κ2) is 8.61. The van der Waals surface area contributed by atoms with Crippen molar-refractivity contribution in [2.24, 2.45) is 5.92 Å². The van der Waals surface area contributed by atoms with Crippen molar-refractivity contribution < 1.29 is 18.7 Å². The Morgan fingerprint density at radius 1 is 1.10 bits per heavy atom. The minimum Gasteiger partial charge on any atom is -0.466 e. The number of esters is 1. The first-order valence-corrected chi connectivity index (χ1v) is 10.2. The lowest BCUT2D eigenvalue weighted by Crippen LogP contribution is -2.40. The fraction of sp³-hybridized carbons (Fsp3) is 0.292. The predicted octanol–water partition coefficient (Wildman–Crippen LogP) is 4.46. The Morgan fingerprint density at radius 2 is 1.80 bits per heavy atom. The maximum atomic E-state index is 13.4. The highest BCUT2D eigenvalue weighted by Gasteiger charge is 2.29. The zero-order chi connectivity index (χ0) is 21.1. The first-order valence-electron chi connectivity index (χ1n) is 10.2. The summed E-state index contributed by atoms with van der Waals surface area (Å²) in [4.78, 5) is 31.8. The molecule has 0 saturated carbocycles. The van der Waals surface area contributed by atoms with E-state index in [4.69, 9.17) is 4.74 Å². The highest BCUT2D eigenvalue weighted by molar-refractivity contribution is 6.07. The molecule has 30 heavy (non-hydrogen) atoms. The summed E-state index contributed by atoms with van der Waals surface area (Å²) in [6, 6.07) is 15.4. The summed E-state index contributed by atoms with van der Waals surface area (Å²) in [5, 5.41) is 0.779. The number of benzene rings is 2. The number of nitrogens with zero attached hydrogens (tertiary/aromatic N) is 2. The zero-order valence-electron chi connectivity index (χ0n) is 16.8. The molecule has 4 rings (SSSR count). The fourth-order valence-electron chi connectivity index (χ4n) is 3.87. The molecule has 0 N–H and O–H groups in total. The van der Waals surface area contributed by atoms with E-state index in [9.17, 15) is 14.0 Å². The number of hydrogen-bond acceptors (Lipinski definition) is 4. The van der Waals surface area contributed by atoms with Crippen LogP contribution in [0.3, 0.4) is 0 Å². The summed E-state index contributed by atoms with van der Waals surface area (Å²) in [5.41, 5.74) is 2.65. The summed E-state index contributed by atoms with van der Waals surface area (Å²) in [7, 11) is 0. The van der Waals surface area contributed by atoms with Crippen LogP contribution in [-0.4, -0.2) is 41.5 Å². The van der Waals surface area contributed by atoms with Crippen LogP contribution in [0.25, 0.3) is 22.2 Å². The Kier molecular flexibility index (Phi) is 5.74. The lowest BCUT2D eigenvalue weighted by Gasteiger charge is -2.31. The van der Waals surface area contributed by atoms with E-state index in [2.05, 4.69) is 4.98 Å². The van der Waals surface area contributed by atoms with Gasteiger partial charge in [0.25, 0.3) is 5.91 Å². The van der Waals surface area contributed by atoms with Crippen LogP contribution in [0, 0.1) is 11.7 Å². The van der Waals surface area contributed by atoms with Gasteiger partial charge in [0.1, 0.15) is 5.82 Å². The maximum absolute atomic E-state index is 13.4. The number of fused-ring (bicyclic) bond motifs is 1. The quantitative estimate of drug-likeness (QED) is 0.601. The molecule has 2 aromatic carbocycles. The maximum Gasteiger partial charge on any atom is 0.309 e. The Labute approximate surface area is 174 Å². The molecule has 1 fully saturated rings. The predicted molar refractivity (Wildman–Crippen MR) is 112 cm³/mol. The second-order valence-electron chi connectivity index (χ2n) is 7.40. The average molecular weight is 406 g/mol. The molecule has 0 unspecified atom stereocenters. The van der Waals surface area contributed by atoms with Crippen LogP contribution in [0.5, 0.6) is 0 Å². The SMILES string of the molecule is CCOC(=O)C1CCN(C(=O)c2cc(-c3ccc(F)cc3)nc3ccccc23)CC1. The Morgan fingerprint density at radius 3 is 2.50 bits per heavy atom. The minimum absolute atomic E-state index is 0.0840. The van der Waals surface area contributed by atoms with E-state index in [-0.39, 0.29) is 23.6 Å². The molecule has 6 heteroatoms. The Bertz CT molecular complexity index is 1070. The van der Waals surface area contributed by atoms with E-state index < -0.39 is 0 Å². The van der Waals surface area contributed by atoms with Gasteiger partial charge in [-0.05, 0) is 56.2 Å². The van der Waals surface area contributed by atoms with Gasteiger partial charge in [0.2, 0.25) is 0 Å². The number of pyridine rings is 1. The van der Waals surface area contributed by atoms with Crippen molar-refractivity contribution in [3.8, 4) is 11.3 Å². The molecule has 154 valence electrons. The molecule has 1 aliphatic rings. The van der Waals surface area contributed by atoms with Crippen LogP contribution in [-0.2, 0) is 9.53 Å². The topological polar surface area (TPSA) is 59.5 Å². The molecule has 1 saturated heterocycles. The standard InChI is InChI=1S/C24H23FN2O3/c1-2-30-24(29)17-11-13-27(14-12-17)23(28)20-15-22(16-7-9-18(25)10-8-16)26-21-6-4-3-5-19(20)21/h3-10,15,17H,2,11-14H2,1H3. The summed E-state index contributed by atoms with van der Waals surface area (Å²) in [5.74, 6) is -0.741. The second-order valence-corrected chi connectivity index (χ2v) is 7.40. The van der Waals surface area contributed by atoms with Crippen molar-refractivity contribution in [1.82, 2.24) is 9.88 Å². The van der Waals surface area contributed by atoms with Gasteiger partial charge in [0.05, 0.1) is 29.3 Å². The molecule has 1 aromatic heterocycles. The molecule has 1 aliphatic heterocycles. The number of likely N-dealkylation sites (tertiary alicyclic amines) is 1. The van der Waals surface area contributed by atoms with Gasteiger partial charge in [0.15, 0.2) is 0 Å². The van der Waals surface area contributed by atoms with Gasteiger partial charge in [-0.1, -0.05) is 18.2 Å². The number of hydrogen-bond donors (Lipinski definition) is 0. The molecule has 1 amide bonds. The third kappa shape index (κ3) is 4.03. The van der Waals surface area contributed by atoms with Crippen molar-refractivity contribution in [2.75, 3.05) is 19.7 Å². The Balaban J connectivity index is 1.64. The number of para-hydroxylation sites is 1. The molecular formula is C24H23FN2O3. The average Bonchev–Trinajstić information content (AvgIpc) is 2.78. The number of halogens is 1. The molecule has 0 aliphatic carbocycles. The van der Waals surface area contributed by atoms with Gasteiger partial charge in [-0.3, -0.25) is 9.59 Å². The number of ether oxygens (including phenoxy) is 1. The number of piperidine rings is 1. The number of carbonyl (C=O) groups excluding carboxylic acids is 2. The van der Waals surface area contributed by atoms with E-state index in [0.29, 0.717) is 49.3 Å². The molecule has 0 atom stereocenters. The normalized spacial score (nSPS) is 14.7. The van der Waals surface area contributed by atoms with Crippen molar-refractivity contribution in [2.45, 2.75) is 19.8 Å². The van der Waals surface area contributed by atoms with E-state index in [1.165, 1.54) is 12.1 Å². The Hall–Kier alpha value is -3.28. The van der Waals surface area contributed by atoms with Gasteiger partial charge in [0, 0.05) is 24.0 Å². The molecule has 0 spiro atoms. The summed E-state index contributed by atoms with van der Waals surface area (Å²) in [6.07, 6.45) is 1.19. The van der Waals surface area contributed by atoms with Crippen LogP contribution in [0.15, 0.2) is 54.6 Å². The molecule has 3 aromatic rings. The zero-order valence-corrected chi connectivity index (χ0v) is 16.8. The van der Waals surface area contributed by atoms with E-state index in [0.717, 1.165) is 10.9 Å². The van der Waals surface area contributed by atoms with Crippen molar-refractivity contribution >= 4 is 22.8 Å². The summed E-state index contributed by atoms with van der Waals surface area (Å²) >= 11 is 0. The lowest BCUT2D eigenvalue weighted by atomic mass is 9.95. The lowest BCUT2D eigenvalue weighted by molar-refractivity contribution is -0.149. The van der Waals surface area contributed by atoms with Crippen molar-refractivity contribution in [1.29, 1.82) is 0 Å². The molecule has 0 radical (unpaired) electrons. The number of aromatic nitrogens is 1. The third-order valence-electron chi connectivity index (χ3n) is 5.49. The van der Waals surface area contributed by atoms with E-state index >= 15 is 0 Å². The number of amides is 1. The van der Waals surface area contributed by atoms with Gasteiger partial charge in [-0.25, -0.2) is 9.37 Å². The van der Waals surface area contributed by atoms with E-state index in [1.54, 1.807) is 30.0 Å². The van der Waals surface area contributed by atoms with Crippen LogP contribution >= 0.6 is 0 Å². The monoisotopic (exact) mass is 406 g/mol. The van der Waals surface area contributed by atoms with Crippen molar-refractivity contribution in [3.05, 3.63) is 66.0 Å². The van der Waals surface area contributed by atoms with Crippen LogP contribution < -0.4 is 0 Å². The van der Waals surface area contributed by atoms with Gasteiger partial charge in [-0.15, -0.1) is 0 Å². The van der Waals surface area contributed by atoms with Gasteiger partial charge in [-0.2, -0.15) is 0 Å². The third-order valence-corrected chi connectivity index (χ3v) is 5.49. The van der Waals surface area contributed by atoms with Crippen molar-refractivity contribution in [3.63, 3.8) is 0 Å². The first-order chi connectivity index (χ1) is 14.6. The highest BCUT2D eigenvalue weighted by Crippen LogP contribution is 2.28. The fourth-order valence-corrected chi connectivity index (χ4v) is 3.87. The smallest absolute Gasteiger partial charge is 0.309 e. The van der Waals surface area contributed by atoms with Gasteiger partial charge < -0.3 is 9.64 Å². The van der Waals surface area contributed by atoms with Crippen LogP contribution in [0.4, 0.5) is 4.39 Å².